The van der Waals surface area contributed by atoms with Gasteiger partial charge in [0, 0.05) is 11.8 Å². The van der Waals surface area contributed by atoms with E-state index in [0.29, 0.717) is 17.7 Å². The molecule has 5 nitrogen and oxygen atoms in total. The zero-order chi connectivity index (χ0) is 12.4. The first-order chi connectivity index (χ1) is 8.84. The first-order valence-corrected chi connectivity index (χ1v) is 6.09. The van der Waals surface area contributed by atoms with Crippen molar-refractivity contribution in [2.24, 2.45) is 0 Å². The van der Waals surface area contributed by atoms with Gasteiger partial charge in [0.1, 0.15) is 0 Å². The van der Waals surface area contributed by atoms with Gasteiger partial charge in [-0.1, -0.05) is 12.1 Å². The Morgan fingerprint density at radius 3 is 3.22 bits per heavy atom. The lowest BCUT2D eigenvalue weighted by Crippen LogP contribution is -2.25. The molecular weight excluding hydrogens is 232 g/mol. The van der Waals surface area contributed by atoms with Crippen LogP contribution in [-0.4, -0.2) is 29.1 Å². The van der Waals surface area contributed by atoms with Crippen molar-refractivity contribution in [3.8, 4) is 0 Å². The van der Waals surface area contributed by atoms with Gasteiger partial charge in [0.2, 0.25) is 6.29 Å². The van der Waals surface area contributed by atoms with Crippen LogP contribution >= 0.6 is 0 Å². The third kappa shape index (κ3) is 2.09. The lowest BCUT2D eigenvalue weighted by Gasteiger charge is -2.22. The number of nitrogens with one attached hydrogen (secondary N) is 1. The van der Waals surface area contributed by atoms with Crippen LogP contribution in [0.5, 0.6) is 0 Å². The Kier molecular flexibility index (Phi) is 2.98. The Balaban J connectivity index is 1.81. The van der Waals surface area contributed by atoms with Crippen molar-refractivity contribution < 1.29 is 14.3 Å². The molecule has 5 heteroatoms. The van der Waals surface area contributed by atoms with E-state index in [1.165, 1.54) is 0 Å². The molecule has 1 unspecified atom stereocenters. The number of aromatic amines is 1. The summed E-state index contributed by atoms with van der Waals surface area (Å²) in [4.78, 5) is 12.1. The molecule has 0 radical (unpaired) electrons. The van der Waals surface area contributed by atoms with E-state index < -0.39 is 6.29 Å². The van der Waals surface area contributed by atoms with Crippen molar-refractivity contribution >= 4 is 16.9 Å². The number of rotatable bonds is 2. The molecule has 18 heavy (non-hydrogen) atoms. The van der Waals surface area contributed by atoms with Crippen LogP contribution in [0.25, 0.3) is 10.9 Å². The second-order valence-corrected chi connectivity index (χ2v) is 4.34. The molecule has 0 aliphatic carbocycles. The summed E-state index contributed by atoms with van der Waals surface area (Å²) < 4.78 is 10.7. The fourth-order valence-corrected chi connectivity index (χ4v) is 2.13. The highest BCUT2D eigenvalue weighted by Crippen LogP contribution is 2.19. The summed E-state index contributed by atoms with van der Waals surface area (Å²) in [6.45, 7) is 0.659. The predicted molar refractivity (Wildman–Crippen MR) is 65.1 cm³/mol. The normalized spacial score (nSPS) is 19.9. The van der Waals surface area contributed by atoms with Gasteiger partial charge >= 0.3 is 5.97 Å². The van der Waals surface area contributed by atoms with Crippen molar-refractivity contribution in [3.05, 3.63) is 30.0 Å². The molecule has 3 rings (SSSR count). The predicted octanol–water partition coefficient (Wildman–Crippen LogP) is 2.25. The van der Waals surface area contributed by atoms with Gasteiger partial charge in [-0.3, -0.25) is 5.10 Å². The van der Waals surface area contributed by atoms with E-state index in [1.54, 1.807) is 12.3 Å². The summed E-state index contributed by atoms with van der Waals surface area (Å²) in [5.74, 6) is -0.364. The SMILES string of the molecule is O=C(OC1CCCCO1)c1cccc2cn[nH]c12. The Morgan fingerprint density at radius 2 is 2.39 bits per heavy atom. The van der Waals surface area contributed by atoms with Crippen LogP contribution in [0.2, 0.25) is 0 Å². The number of hydrogen-bond acceptors (Lipinski definition) is 4. The third-order valence-corrected chi connectivity index (χ3v) is 3.07. The quantitative estimate of drug-likeness (QED) is 0.825. The van der Waals surface area contributed by atoms with Gasteiger partial charge in [0.25, 0.3) is 0 Å². The van der Waals surface area contributed by atoms with Gasteiger partial charge < -0.3 is 9.47 Å². The van der Waals surface area contributed by atoms with Crippen LogP contribution in [0.1, 0.15) is 29.6 Å². The molecule has 1 aliphatic rings. The number of carbonyl (C=O) groups excluding carboxylic acids is 1. The smallest absolute Gasteiger partial charge is 0.342 e. The minimum atomic E-state index is -0.413. The zero-order valence-corrected chi connectivity index (χ0v) is 9.89. The Labute approximate surface area is 104 Å². The fraction of sp³-hybridized carbons (Fsp3) is 0.385. The summed E-state index contributed by atoms with van der Waals surface area (Å²) in [7, 11) is 0. The molecule has 1 atom stereocenters. The summed E-state index contributed by atoms with van der Waals surface area (Å²) in [6.07, 6.45) is 4.11. The van der Waals surface area contributed by atoms with Gasteiger partial charge in [0.05, 0.1) is 23.9 Å². The topological polar surface area (TPSA) is 64.2 Å². The van der Waals surface area contributed by atoms with E-state index in [2.05, 4.69) is 10.2 Å². The number of para-hydroxylation sites is 1. The number of aromatic nitrogens is 2. The Hall–Kier alpha value is -1.88. The van der Waals surface area contributed by atoms with Gasteiger partial charge in [0.15, 0.2) is 0 Å². The van der Waals surface area contributed by atoms with Crippen molar-refractivity contribution in [3.63, 3.8) is 0 Å². The average molecular weight is 246 g/mol. The molecule has 1 N–H and O–H groups in total. The molecule has 1 saturated heterocycles. The fourth-order valence-electron chi connectivity index (χ4n) is 2.13. The number of benzene rings is 1. The van der Waals surface area contributed by atoms with E-state index >= 15 is 0 Å². The number of ether oxygens (including phenoxy) is 2. The first kappa shape index (κ1) is 11.2. The molecule has 0 amide bonds. The number of nitrogens with zero attached hydrogens (tertiary/aromatic N) is 1. The van der Waals surface area contributed by atoms with Gasteiger partial charge in [-0.25, -0.2) is 4.79 Å². The van der Waals surface area contributed by atoms with E-state index in [-0.39, 0.29) is 5.97 Å². The number of hydrogen-bond donors (Lipinski definition) is 1. The second-order valence-electron chi connectivity index (χ2n) is 4.34. The zero-order valence-electron chi connectivity index (χ0n) is 9.89. The summed E-state index contributed by atoms with van der Waals surface area (Å²) >= 11 is 0. The van der Waals surface area contributed by atoms with Crippen LogP contribution < -0.4 is 0 Å². The maximum absolute atomic E-state index is 12.1. The highest BCUT2D eigenvalue weighted by molar-refractivity contribution is 6.02. The Bertz CT molecular complexity index is 558. The lowest BCUT2D eigenvalue weighted by molar-refractivity contribution is -0.130. The van der Waals surface area contributed by atoms with Crippen molar-refractivity contribution in [1.82, 2.24) is 10.2 Å². The molecular formula is C13H14N2O3. The van der Waals surface area contributed by atoms with E-state index in [9.17, 15) is 4.79 Å². The van der Waals surface area contributed by atoms with Crippen LogP contribution in [0.4, 0.5) is 0 Å². The molecule has 1 fully saturated rings. The summed E-state index contributed by atoms with van der Waals surface area (Å²) in [6, 6.07) is 5.44. The third-order valence-electron chi connectivity index (χ3n) is 3.07. The van der Waals surface area contributed by atoms with Gasteiger partial charge in [-0.2, -0.15) is 5.10 Å². The van der Waals surface area contributed by atoms with E-state index in [4.69, 9.17) is 9.47 Å². The number of H-pyrrole nitrogens is 1. The van der Waals surface area contributed by atoms with Crippen LogP contribution in [0.15, 0.2) is 24.4 Å². The minimum absolute atomic E-state index is 0.364. The first-order valence-electron chi connectivity index (χ1n) is 6.09. The number of fused-ring (bicyclic) bond motifs is 1. The van der Waals surface area contributed by atoms with Crippen LogP contribution in [0, 0.1) is 0 Å². The minimum Gasteiger partial charge on any atom is -0.432 e. The maximum atomic E-state index is 12.1. The summed E-state index contributed by atoms with van der Waals surface area (Å²) in [5, 5.41) is 7.64. The Morgan fingerprint density at radius 1 is 1.44 bits per heavy atom. The molecule has 94 valence electrons. The van der Waals surface area contributed by atoms with Crippen molar-refractivity contribution in [2.75, 3.05) is 6.61 Å². The average Bonchev–Trinajstić information content (AvgIpc) is 2.87. The molecule has 2 heterocycles. The number of carbonyl (C=O) groups is 1. The van der Waals surface area contributed by atoms with Crippen molar-refractivity contribution in [1.29, 1.82) is 0 Å². The molecule has 0 bridgehead atoms. The van der Waals surface area contributed by atoms with Crippen LogP contribution in [-0.2, 0) is 9.47 Å². The molecule has 1 aromatic heterocycles. The second kappa shape index (κ2) is 4.78. The summed E-state index contributed by atoms with van der Waals surface area (Å²) in [5.41, 5.74) is 1.21. The molecule has 1 aliphatic heterocycles. The van der Waals surface area contributed by atoms with E-state index in [1.807, 2.05) is 12.1 Å². The molecule has 1 aromatic carbocycles. The molecule has 0 saturated carbocycles. The van der Waals surface area contributed by atoms with Gasteiger partial charge in [-0.05, 0) is 18.9 Å². The van der Waals surface area contributed by atoms with E-state index in [0.717, 1.165) is 24.6 Å². The standard InChI is InChI=1S/C13H14N2O3/c16-13(18-11-6-1-2-7-17-11)10-5-3-4-9-8-14-15-12(9)10/h3-5,8,11H,1-2,6-7H2,(H,14,15). The van der Waals surface area contributed by atoms with Crippen LogP contribution in [0.3, 0.4) is 0 Å². The monoisotopic (exact) mass is 246 g/mol. The lowest BCUT2D eigenvalue weighted by atomic mass is 10.1. The largest absolute Gasteiger partial charge is 0.432 e. The maximum Gasteiger partial charge on any atom is 0.342 e. The number of esters is 1. The highest BCUT2D eigenvalue weighted by Gasteiger charge is 2.20. The highest BCUT2D eigenvalue weighted by atomic mass is 16.7. The van der Waals surface area contributed by atoms with Crippen molar-refractivity contribution in [2.45, 2.75) is 25.6 Å². The van der Waals surface area contributed by atoms with Gasteiger partial charge in [-0.15, -0.1) is 0 Å². The molecule has 2 aromatic rings. The molecule has 0 spiro atoms.